The van der Waals surface area contributed by atoms with Crippen molar-refractivity contribution in [1.29, 1.82) is 0 Å². The predicted molar refractivity (Wildman–Crippen MR) is 110 cm³/mol. The summed E-state index contributed by atoms with van der Waals surface area (Å²) >= 11 is 0. The molecule has 0 radical (unpaired) electrons. The first-order valence-corrected chi connectivity index (χ1v) is 9.69. The van der Waals surface area contributed by atoms with Crippen molar-refractivity contribution in [2.45, 2.75) is 38.6 Å². The molecule has 2 aromatic carbocycles. The van der Waals surface area contributed by atoms with Gasteiger partial charge >= 0.3 is 12.1 Å². The molecule has 1 amide bonds. The minimum atomic E-state index is -4.58. The Morgan fingerprint density at radius 2 is 1.84 bits per heavy atom. The Hall–Kier alpha value is -3.69. The molecule has 10 heteroatoms. The van der Waals surface area contributed by atoms with E-state index < -0.39 is 35.3 Å². The zero-order chi connectivity index (χ0) is 23.5. The van der Waals surface area contributed by atoms with Crippen molar-refractivity contribution in [2.75, 3.05) is 0 Å². The summed E-state index contributed by atoms with van der Waals surface area (Å²) in [6.07, 6.45) is -6.19. The molecule has 0 fully saturated rings. The number of primary amides is 1. The number of hydrogen-bond donors (Lipinski definition) is 1. The van der Waals surface area contributed by atoms with E-state index in [-0.39, 0.29) is 36.1 Å². The lowest BCUT2D eigenvalue weighted by atomic mass is 10.1. The number of alkyl halides is 3. The largest absolute Gasteiger partial charge is 0.453 e. The molecular weight excluding hydrogens is 427 g/mol. The van der Waals surface area contributed by atoms with Gasteiger partial charge in [0.15, 0.2) is 6.10 Å². The fraction of sp³-hybridized carbons (Fsp3) is 0.273. The summed E-state index contributed by atoms with van der Waals surface area (Å²) in [4.78, 5) is 40.1. The molecule has 0 aliphatic carbocycles. The summed E-state index contributed by atoms with van der Waals surface area (Å²) in [5.74, 6) is -1.61. The molecule has 1 atom stereocenters. The summed E-state index contributed by atoms with van der Waals surface area (Å²) in [6.45, 7) is 1.42. The molecule has 168 valence electrons. The molecule has 3 aromatic rings. The van der Waals surface area contributed by atoms with Crippen LogP contribution in [0.2, 0.25) is 0 Å². The summed E-state index contributed by atoms with van der Waals surface area (Å²) in [5, 5.41) is 0. The standard InChI is InChI=1S/C22H20F3N3O4/c1-13(20(26)30)32-19(29)10-8-16-21(31)28(12-14-5-3-2-4-6-14)18-9-7-15(22(23,24)25)11-17(18)27-16/h2-7,9,11,13H,8,10,12H2,1H3,(H2,26,30)/t13-/m1/s1. The summed E-state index contributed by atoms with van der Waals surface area (Å²) in [5.41, 5.74) is 4.51. The Kier molecular flexibility index (Phi) is 6.61. The number of ether oxygens (including phenoxy) is 1. The van der Waals surface area contributed by atoms with Crippen LogP contribution >= 0.6 is 0 Å². The molecule has 1 aromatic heterocycles. The van der Waals surface area contributed by atoms with Crippen molar-refractivity contribution in [3.8, 4) is 0 Å². The third-order valence-corrected chi connectivity index (χ3v) is 4.80. The van der Waals surface area contributed by atoms with Crippen molar-refractivity contribution in [2.24, 2.45) is 5.73 Å². The van der Waals surface area contributed by atoms with E-state index in [1.165, 1.54) is 17.6 Å². The van der Waals surface area contributed by atoms with Gasteiger partial charge in [0, 0.05) is 6.42 Å². The van der Waals surface area contributed by atoms with Crippen LogP contribution in [0, 0.1) is 0 Å². The van der Waals surface area contributed by atoms with Crippen LogP contribution < -0.4 is 11.3 Å². The van der Waals surface area contributed by atoms with Gasteiger partial charge in [-0.3, -0.25) is 14.4 Å². The normalized spacial score (nSPS) is 12.5. The molecule has 0 saturated carbocycles. The number of carbonyl (C=O) groups excluding carboxylic acids is 2. The first-order valence-electron chi connectivity index (χ1n) is 9.69. The van der Waals surface area contributed by atoms with E-state index in [2.05, 4.69) is 4.98 Å². The molecule has 3 rings (SSSR count). The van der Waals surface area contributed by atoms with E-state index >= 15 is 0 Å². The van der Waals surface area contributed by atoms with Gasteiger partial charge in [0.05, 0.1) is 29.6 Å². The summed E-state index contributed by atoms with van der Waals surface area (Å²) in [7, 11) is 0. The number of amides is 1. The Morgan fingerprint density at radius 3 is 2.47 bits per heavy atom. The molecule has 0 saturated heterocycles. The monoisotopic (exact) mass is 447 g/mol. The maximum atomic E-state index is 13.2. The lowest BCUT2D eigenvalue weighted by molar-refractivity contribution is -0.153. The van der Waals surface area contributed by atoms with Crippen LogP contribution in [0.1, 0.15) is 30.2 Å². The molecule has 0 aliphatic heterocycles. The van der Waals surface area contributed by atoms with Crippen LogP contribution in [0.3, 0.4) is 0 Å². The highest BCUT2D eigenvalue weighted by Gasteiger charge is 2.31. The van der Waals surface area contributed by atoms with Gasteiger partial charge in [-0.2, -0.15) is 13.2 Å². The van der Waals surface area contributed by atoms with Crippen molar-refractivity contribution >= 4 is 22.9 Å². The molecule has 7 nitrogen and oxygen atoms in total. The number of esters is 1. The number of rotatable bonds is 7. The Bertz CT molecular complexity index is 1210. The summed E-state index contributed by atoms with van der Waals surface area (Å²) < 4.78 is 45.7. The van der Waals surface area contributed by atoms with Crippen molar-refractivity contribution in [3.63, 3.8) is 0 Å². The number of benzene rings is 2. The van der Waals surface area contributed by atoms with Crippen molar-refractivity contribution in [1.82, 2.24) is 9.55 Å². The molecule has 2 N–H and O–H groups in total. The second-order valence-electron chi connectivity index (χ2n) is 7.17. The van der Waals surface area contributed by atoms with E-state index in [4.69, 9.17) is 10.5 Å². The molecule has 0 aliphatic rings. The SMILES string of the molecule is C[C@@H](OC(=O)CCc1nc2cc(C(F)(F)F)ccc2n(Cc2ccccc2)c1=O)C(N)=O. The number of aromatic nitrogens is 2. The van der Waals surface area contributed by atoms with Crippen LogP contribution in [0.4, 0.5) is 13.2 Å². The van der Waals surface area contributed by atoms with Crippen LogP contribution in [-0.2, 0) is 33.5 Å². The highest BCUT2D eigenvalue weighted by molar-refractivity contribution is 5.82. The highest BCUT2D eigenvalue weighted by atomic mass is 19.4. The second-order valence-corrected chi connectivity index (χ2v) is 7.17. The van der Waals surface area contributed by atoms with Gasteiger partial charge in [-0.05, 0) is 30.7 Å². The van der Waals surface area contributed by atoms with Crippen LogP contribution in [0.25, 0.3) is 11.0 Å². The quantitative estimate of drug-likeness (QED) is 0.561. The maximum absolute atomic E-state index is 13.2. The second kappa shape index (κ2) is 9.21. The van der Waals surface area contributed by atoms with Gasteiger partial charge in [0.2, 0.25) is 0 Å². The van der Waals surface area contributed by atoms with E-state index in [9.17, 15) is 27.6 Å². The lowest BCUT2D eigenvalue weighted by Gasteiger charge is -2.14. The molecule has 0 bridgehead atoms. The molecule has 1 heterocycles. The number of halogens is 3. The Labute approximate surface area is 180 Å². The third kappa shape index (κ3) is 5.32. The highest BCUT2D eigenvalue weighted by Crippen LogP contribution is 2.31. The van der Waals surface area contributed by atoms with E-state index in [0.29, 0.717) is 0 Å². The minimum Gasteiger partial charge on any atom is -0.453 e. The van der Waals surface area contributed by atoms with Gasteiger partial charge in [-0.1, -0.05) is 30.3 Å². The number of aryl methyl sites for hydroxylation is 1. The summed E-state index contributed by atoms with van der Waals surface area (Å²) in [6, 6.07) is 11.9. The number of nitrogens with two attached hydrogens (primary N) is 1. The molecule has 32 heavy (non-hydrogen) atoms. The third-order valence-electron chi connectivity index (χ3n) is 4.80. The van der Waals surface area contributed by atoms with Gasteiger partial charge in [-0.15, -0.1) is 0 Å². The van der Waals surface area contributed by atoms with E-state index in [1.54, 1.807) is 30.3 Å². The topological polar surface area (TPSA) is 104 Å². The molecule has 0 spiro atoms. The fourth-order valence-electron chi connectivity index (χ4n) is 3.10. The van der Waals surface area contributed by atoms with Gasteiger partial charge < -0.3 is 15.0 Å². The van der Waals surface area contributed by atoms with Crippen molar-refractivity contribution < 1.29 is 27.5 Å². The minimum absolute atomic E-state index is 0.0239. The van der Waals surface area contributed by atoms with E-state index in [0.717, 1.165) is 17.7 Å². The zero-order valence-corrected chi connectivity index (χ0v) is 17.1. The van der Waals surface area contributed by atoms with Gasteiger partial charge in [0.25, 0.3) is 11.5 Å². The van der Waals surface area contributed by atoms with Crippen LogP contribution in [0.5, 0.6) is 0 Å². The molecule has 0 unspecified atom stereocenters. The number of fused-ring (bicyclic) bond motifs is 1. The maximum Gasteiger partial charge on any atom is 0.416 e. The van der Waals surface area contributed by atoms with Crippen LogP contribution in [-0.4, -0.2) is 27.5 Å². The number of carbonyl (C=O) groups is 2. The Balaban J connectivity index is 2.01. The number of nitrogens with zero attached hydrogens (tertiary/aromatic N) is 2. The number of hydrogen-bond acceptors (Lipinski definition) is 5. The van der Waals surface area contributed by atoms with Gasteiger partial charge in [-0.25, -0.2) is 4.98 Å². The van der Waals surface area contributed by atoms with Gasteiger partial charge in [0.1, 0.15) is 5.69 Å². The average Bonchev–Trinajstić information content (AvgIpc) is 2.74. The Morgan fingerprint density at radius 1 is 1.16 bits per heavy atom. The van der Waals surface area contributed by atoms with Crippen LogP contribution in [0.15, 0.2) is 53.3 Å². The van der Waals surface area contributed by atoms with Crippen molar-refractivity contribution in [3.05, 3.63) is 75.7 Å². The predicted octanol–water partition coefficient (Wildman–Crippen LogP) is 2.81. The van der Waals surface area contributed by atoms with E-state index in [1.807, 2.05) is 0 Å². The first-order chi connectivity index (χ1) is 15.1. The first kappa shape index (κ1) is 23.0. The lowest BCUT2D eigenvalue weighted by Crippen LogP contribution is -2.31. The fourth-order valence-corrected chi connectivity index (χ4v) is 3.10. The zero-order valence-electron chi connectivity index (χ0n) is 17.1. The smallest absolute Gasteiger partial charge is 0.416 e. The molecular formula is C22H20F3N3O4. The average molecular weight is 447 g/mol.